The van der Waals surface area contributed by atoms with Crippen LogP contribution in [0.2, 0.25) is 0 Å². The second-order valence-corrected chi connectivity index (χ2v) is 9.06. The van der Waals surface area contributed by atoms with Gasteiger partial charge in [-0.05, 0) is 62.7 Å². The molecular weight excluding hydrogens is 443 g/mol. The molecule has 2 atom stereocenters. The molecule has 2 fully saturated rings. The minimum absolute atomic E-state index is 0.0834. The zero-order chi connectivity index (χ0) is 24.3. The van der Waals surface area contributed by atoms with Crippen molar-refractivity contribution in [3.05, 3.63) is 24.0 Å². The van der Waals surface area contributed by atoms with Crippen LogP contribution >= 0.6 is 0 Å². The molecule has 2 aliphatic rings. The van der Waals surface area contributed by atoms with Crippen LogP contribution in [0.3, 0.4) is 0 Å². The van der Waals surface area contributed by atoms with Crippen LogP contribution in [0.15, 0.2) is 18.5 Å². The molecule has 3 rings (SSSR count). The Morgan fingerprint density at radius 2 is 2.06 bits per heavy atom. The van der Waals surface area contributed by atoms with Crippen molar-refractivity contribution in [2.75, 3.05) is 39.5 Å². The lowest BCUT2D eigenvalue weighted by Crippen LogP contribution is -2.46. The van der Waals surface area contributed by atoms with Gasteiger partial charge in [0.05, 0.1) is 24.6 Å². The zero-order valence-corrected chi connectivity index (χ0v) is 19.5. The van der Waals surface area contributed by atoms with E-state index in [2.05, 4.69) is 15.6 Å². The van der Waals surface area contributed by atoms with Gasteiger partial charge in [0.2, 0.25) is 11.8 Å². The Labute approximate surface area is 199 Å². The number of nitrogens with one attached hydrogen (secondary N) is 2. The summed E-state index contributed by atoms with van der Waals surface area (Å²) < 4.78 is 17.6. The number of piperidine rings is 2. The monoisotopic (exact) mass is 478 g/mol. The number of carbonyl (C=O) groups excluding carboxylic acids is 2. The number of carboxylic acids is 1. The summed E-state index contributed by atoms with van der Waals surface area (Å²) in [6, 6.07) is 0.756. The van der Waals surface area contributed by atoms with Gasteiger partial charge in [0.25, 0.3) is 0 Å². The van der Waals surface area contributed by atoms with E-state index in [0.717, 1.165) is 38.8 Å². The Hall–Kier alpha value is -2.75. The smallest absolute Gasteiger partial charge is 0.305 e. The van der Waals surface area contributed by atoms with Crippen LogP contribution < -0.4 is 15.4 Å². The number of hydrogen-bond acceptors (Lipinski definition) is 6. The van der Waals surface area contributed by atoms with Crippen LogP contribution in [-0.2, 0) is 14.4 Å². The first-order valence-electron chi connectivity index (χ1n) is 12.1. The van der Waals surface area contributed by atoms with Gasteiger partial charge in [-0.1, -0.05) is 0 Å². The van der Waals surface area contributed by atoms with E-state index in [9.17, 15) is 23.9 Å². The maximum Gasteiger partial charge on any atom is 0.305 e. The predicted octanol–water partition coefficient (Wildman–Crippen LogP) is 2.08. The van der Waals surface area contributed by atoms with Crippen LogP contribution in [0.5, 0.6) is 5.75 Å². The molecule has 0 bridgehead atoms. The molecule has 2 saturated heterocycles. The van der Waals surface area contributed by atoms with Gasteiger partial charge in [-0.3, -0.25) is 19.4 Å². The highest BCUT2D eigenvalue weighted by atomic mass is 19.1. The van der Waals surface area contributed by atoms with E-state index >= 15 is 0 Å². The van der Waals surface area contributed by atoms with E-state index in [-0.39, 0.29) is 24.8 Å². The van der Waals surface area contributed by atoms with Crippen LogP contribution in [-0.4, -0.2) is 72.2 Å². The SMILES string of the molecule is O=C(O)C[C@H](NC(=O)[C@@H]1CCCN(C(=O)CCC2CCNCC2)C1)c1cncc(OCCF)c1. The zero-order valence-electron chi connectivity index (χ0n) is 19.5. The first kappa shape index (κ1) is 25.9. The van der Waals surface area contributed by atoms with Crippen molar-refractivity contribution in [3.8, 4) is 5.75 Å². The van der Waals surface area contributed by atoms with E-state index in [0.29, 0.717) is 43.2 Å². The summed E-state index contributed by atoms with van der Waals surface area (Å²) in [4.78, 5) is 43.1. The van der Waals surface area contributed by atoms with Gasteiger partial charge in [0.15, 0.2) is 0 Å². The molecular formula is C24H35FN4O5. The number of carbonyl (C=O) groups is 3. The van der Waals surface area contributed by atoms with Crippen molar-refractivity contribution in [2.24, 2.45) is 11.8 Å². The summed E-state index contributed by atoms with van der Waals surface area (Å²) in [6.45, 7) is 2.20. The first-order chi connectivity index (χ1) is 16.5. The fraction of sp³-hybridized carbons (Fsp3) is 0.667. The van der Waals surface area contributed by atoms with E-state index in [4.69, 9.17) is 4.74 Å². The Bertz CT molecular complexity index is 833. The average molecular weight is 479 g/mol. The number of aliphatic carboxylic acids is 1. The summed E-state index contributed by atoms with van der Waals surface area (Å²) in [7, 11) is 0. The molecule has 2 amide bonds. The maximum absolute atomic E-state index is 13.0. The molecule has 9 nitrogen and oxygen atoms in total. The van der Waals surface area contributed by atoms with Gasteiger partial charge in [0, 0.05) is 25.7 Å². The number of amides is 2. The quantitative estimate of drug-likeness (QED) is 0.445. The van der Waals surface area contributed by atoms with Crippen molar-refractivity contribution >= 4 is 17.8 Å². The van der Waals surface area contributed by atoms with Crippen molar-refractivity contribution < 1.29 is 28.6 Å². The highest BCUT2D eigenvalue weighted by Gasteiger charge is 2.30. The summed E-state index contributed by atoms with van der Waals surface area (Å²) in [5.74, 6) is -0.783. The topological polar surface area (TPSA) is 121 Å². The normalized spacial score (nSPS) is 19.9. The Balaban J connectivity index is 1.57. The highest BCUT2D eigenvalue weighted by Crippen LogP contribution is 2.24. The van der Waals surface area contributed by atoms with Crippen molar-refractivity contribution in [1.82, 2.24) is 20.5 Å². The molecule has 0 aromatic carbocycles. The van der Waals surface area contributed by atoms with Gasteiger partial charge >= 0.3 is 5.97 Å². The molecule has 188 valence electrons. The number of aromatic nitrogens is 1. The lowest BCUT2D eigenvalue weighted by molar-refractivity contribution is -0.138. The molecule has 10 heteroatoms. The van der Waals surface area contributed by atoms with E-state index < -0.39 is 24.6 Å². The number of carboxylic acid groups (broad SMARTS) is 1. The number of rotatable bonds is 11. The number of ether oxygens (including phenoxy) is 1. The Morgan fingerprint density at radius 1 is 1.26 bits per heavy atom. The number of alkyl halides is 1. The molecule has 0 unspecified atom stereocenters. The Kier molecular flexibility index (Phi) is 10.1. The van der Waals surface area contributed by atoms with Crippen molar-refractivity contribution in [1.29, 1.82) is 0 Å². The molecule has 1 aromatic heterocycles. The number of nitrogens with zero attached hydrogens (tertiary/aromatic N) is 2. The fourth-order valence-electron chi connectivity index (χ4n) is 4.65. The molecule has 3 heterocycles. The summed E-state index contributed by atoms with van der Waals surface area (Å²) in [5, 5.41) is 15.5. The fourth-order valence-corrected chi connectivity index (χ4v) is 4.65. The standard InChI is InChI=1S/C24H35FN4O5/c25-7-11-34-20-12-19(14-27-15-20)21(13-23(31)32)28-24(33)18-2-1-10-29(16-18)22(30)4-3-17-5-8-26-9-6-17/h12,14-15,17-18,21,26H,1-11,13,16H2,(H,28,33)(H,31,32)/t18-,21+/m1/s1. The van der Waals surface area contributed by atoms with Crippen molar-refractivity contribution in [2.45, 2.75) is 51.0 Å². The summed E-state index contributed by atoms with van der Waals surface area (Å²) in [5.41, 5.74) is 0.470. The van der Waals surface area contributed by atoms with Crippen LogP contribution in [0.25, 0.3) is 0 Å². The number of pyridine rings is 1. The molecule has 0 aliphatic carbocycles. The van der Waals surface area contributed by atoms with Gasteiger partial charge < -0.3 is 25.4 Å². The van der Waals surface area contributed by atoms with Gasteiger partial charge in [-0.15, -0.1) is 0 Å². The van der Waals surface area contributed by atoms with Gasteiger partial charge in [-0.2, -0.15) is 0 Å². The van der Waals surface area contributed by atoms with E-state index in [1.165, 1.54) is 12.4 Å². The third-order valence-electron chi connectivity index (χ3n) is 6.55. The van der Waals surface area contributed by atoms with Gasteiger partial charge in [0.1, 0.15) is 19.0 Å². The number of likely N-dealkylation sites (tertiary alicyclic amines) is 1. The second-order valence-electron chi connectivity index (χ2n) is 9.06. The lowest BCUT2D eigenvalue weighted by atomic mass is 9.92. The van der Waals surface area contributed by atoms with Crippen LogP contribution in [0.4, 0.5) is 4.39 Å². The molecule has 1 aromatic rings. The molecule has 0 radical (unpaired) electrons. The third-order valence-corrected chi connectivity index (χ3v) is 6.55. The first-order valence-corrected chi connectivity index (χ1v) is 12.1. The van der Waals surface area contributed by atoms with E-state index in [1.807, 2.05) is 0 Å². The van der Waals surface area contributed by atoms with Gasteiger partial charge in [-0.25, -0.2) is 4.39 Å². The molecule has 2 aliphatic heterocycles. The predicted molar refractivity (Wildman–Crippen MR) is 123 cm³/mol. The van der Waals surface area contributed by atoms with Crippen LogP contribution in [0.1, 0.15) is 56.6 Å². The lowest BCUT2D eigenvalue weighted by Gasteiger charge is -2.33. The maximum atomic E-state index is 13.0. The average Bonchev–Trinajstić information content (AvgIpc) is 2.86. The second kappa shape index (κ2) is 13.2. The van der Waals surface area contributed by atoms with Crippen LogP contribution in [0, 0.1) is 11.8 Å². The molecule has 0 saturated carbocycles. The minimum atomic E-state index is -1.07. The Morgan fingerprint density at radius 3 is 2.79 bits per heavy atom. The molecule has 0 spiro atoms. The molecule has 34 heavy (non-hydrogen) atoms. The number of halogens is 1. The van der Waals surface area contributed by atoms with Crippen molar-refractivity contribution in [3.63, 3.8) is 0 Å². The minimum Gasteiger partial charge on any atom is -0.489 e. The number of hydrogen-bond donors (Lipinski definition) is 3. The summed E-state index contributed by atoms with van der Waals surface area (Å²) >= 11 is 0. The summed E-state index contributed by atoms with van der Waals surface area (Å²) in [6.07, 6.45) is 7.49. The largest absolute Gasteiger partial charge is 0.489 e. The third kappa shape index (κ3) is 7.93. The molecule has 3 N–H and O–H groups in total. The highest BCUT2D eigenvalue weighted by molar-refractivity contribution is 5.82. The van der Waals surface area contributed by atoms with E-state index in [1.54, 1.807) is 11.0 Å².